The molecule has 3 aromatic rings. The molecule has 1 atom stereocenters. The number of nitrogens with one attached hydrogen (secondary N) is 1. The average Bonchev–Trinajstić information content (AvgIpc) is 3.56. The third-order valence-electron chi connectivity index (χ3n) is 9.33. The summed E-state index contributed by atoms with van der Waals surface area (Å²) < 4.78 is 4.01. The number of hydrogen-bond donors (Lipinski definition) is 1. The molecule has 4 amide bonds. The molecule has 1 aromatic heterocycles. The summed E-state index contributed by atoms with van der Waals surface area (Å²) in [5.74, 6) is 0.0887. The van der Waals surface area contributed by atoms with E-state index in [0.717, 1.165) is 41.3 Å². The standard InChI is InChI=1S/C31H31N5O4S/c37-26(17-36-29(39)23-8-4-5-9-24(23)30(36)40)35(16-19-6-2-1-3-7-19)27(25-18-41-34-33-25)28(38)32-31-13-20-10-21(14-31)12-22(11-20)15-31/h1-9,18,20-22,27H,10-17H2,(H,32,38). The lowest BCUT2D eigenvalue weighted by atomic mass is 9.53. The minimum atomic E-state index is -1.05. The largest absolute Gasteiger partial charge is 0.348 e. The van der Waals surface area contributed by atoms with E-state index in [-0.39, 0.29) is 29.1 Å². The highest BCUT2D eigenvalue weighted by atomic mass is 32.1. The quantitative estimate of drug-likeness (QED) is 0.411. The molecule has 10 heteroatoms. The lowest BCUT2D eigenvalue weighted by molar-refractivity contribution is -0.144. The first-order chi connectivity index (χ1) is 19.9. The zero-order valence-electron chi connectivity index (χ0n) is 22.6. The number of hydrogen-bond acceptors (Lipinski definition) is 7. The Morgan fingerprint density at radius 1 is 0.927 bits per heavy atom. The van der Waals surface area contributed by atoms with Gasteiger partial charge < -0.3 is 10.2 Å². The number of benzene rings is 2. The van der Waals surface area contributed by atoms with Gasteiger partial charge in [0.05, 0.1) is 11.1 Å². The van der Waals surface area contributed by atoms with Gasteiger partial charge in [0, 0.05) is 17.5 Å². The summed E-state index contributed by atoms with van der Waals surface area (Å²) in [5.41, 5.74) is 1.49. The van der Waals surface area contributed by atoms with Crippen LogP contribution in [0.3, 0.4) is 0 Å². The van der Waals surface area contributed by atoms with Gasteiger partial charge in [-0.2, -0.15) is 0 Å². The molecule has 0 spiro atoms. The molecule has 9 nitrogen and oxygen atoms in total. The second-order valence-electron chi connectivity index (χ2n) is 12.2. The Labute approximate surface area is 242 Å². The highest BCUT2D eigenvalue weighted by Gasteiger charge is 2.52. The molecule has 210 valence electrons. The Hall–Kier alpha value is -3.92. The highest BCUT2D eigenvalue weighted by Crippen LogP contribution is 2.55. The summed E-state index contributed by atoms with van der Waals surface area (Å²) in [6, 6.07) is 14.9. The van der Waals surface area contributed by atoms with Crippen LogP contribution in [-0.2, 0) is 16.1 Å². The van der Waals surface area contributed by atoms with Crippen molar-refractivity contribution in [3.8, 4) is 0 Å². The van der Waals surface area contributed by atoms with E-state index in [1.165, 1.54) is 24.2 Å². The summed E-state index contributed by atoms with van der Waals surface area (Å²) in [5, 5.41) is 9.34. The third kappa shape index (κ3) is 4.73. The molecule has 41 heavy (non-hydrogen) atoms. The van der Waals surface area contributed by atoms with E-state index in [1.54, 1.807) is 29.6 Å². The van der Waals surface area contributed by atoms with E-state index in [2.05, 4.69) is 14.9 Å². The summed E-state index contributed by atoms with van der Waals surface area (Å²) >= 11 is 1.12. The molecule has 8 rings (SSSR count). The predicted octanol–water partition coefficient (Wildman–Crippen LogP) is 3.99. The number of aromatic nitrogens is 2. The van der Waals surface area contributed by atoms with E-state index in [4.69, 9.17) is 0 Å². The van der Waals surface area contributed by atoms with Gasteiger partial charge in [-0.3, -0.25) is 24.1 Å². The summed E-state index contributed by atoms with van der Waals surface area (Å²) in [6.07, 6.45) is 6.63. The number of rotatable bonds is 8. The average molecular weight is 570 g/mol. The maximum atomic E-state index is 14.3. The second kappa shape index (κ2) is 10.2. The van der Waals surface area contributed by atoms with E-state index in [0.29, 0.717) is 23.4 Å². The Balaban J connectivity index is 1.21. The fourth-order valence-electron chi connectivity index (χ4n) is 8.03. The molecule has 0 radical (unpaired) electrons. The minimum absolute atomic E-state index is 0.110. The first-order valence-corrected chi connectivity index (χ1v) is 15.1. The van der Waals surface area contributed by atoms with Gasteiger partial charge in [-0.25, -0.2) is 0 Å². The monoisotopic (exact) mass is 569 g/mol. The second-order valence-corrected chi connectivity index (χ2v) is 12.8. The summed E-state index contributed by atoms with van der Waals surface area (Å²) in [6.45, 7) is -0.364. The molecule has 4 fully saturated rings. The molecule has 1 aliphatic heterocycles. The Bertz CT molecular complexity index is 1440. The highest BCUT2D eigenvalue weighted by molar-refractivity contribution is 7.03. The van der Waals surface area contributed by atoms with E-state index < -0.39 is 30.3 Å². The van der Waals surface area contributed by atoms with Crippen LogP contribution >= 0.6 is 11.5 Å². The smallest absolute Gasteiger partial charge is 0.262 e. The molecule has 4 saturated carbocycles. The zero-order valence-corrected chi connectivity index (χ0v) is 23.4. The number of nitrogens with zero attached hydrogens (tertiary/aromatic N) is 4. The van der Waals surface area contributed by atoms with Crippen molar-refractivity contribution >= 4 is 35.2 Å². The van der Waals surface area contributed by atoms with E-state index in [1.807, 2.05) is 30.3 Å². The van der Waals surface area contributed by atoms with Crippen LogP contribution in [0.5, 0.6) is 0 Å². The molecule has 5 aliphatic rings. The summed E-state index contributed by atoms with van der Waals surface area (Å²) in [7, 11) is 0. The number of amides is 4. The van der Waals surface area contributed by atoms with Crippen LogP contribution < -0.4 is 5.32 Å². The lowest BCUT2D eigenvalue weighted by Gasteiger charge is -2.57. The fourth-order valence-corrected chi connectivity index (χ4v) is 8.50. The van der Waals surface area contributed by atoms with Crippen LogP contribution in [0.1, 0.15) is 76.5 Å². The lowest BCUT2D eigenvalue weighted by Crippen LogP contribution is -2.61. The third-order valence-corrected chi connectivity index (χ3v) is 9.85. The van der Waals surface area contributed by atoms with Gasteiger partial charge in [0.25, 0.3) is 11.8 Å². The van der Waals surface area contributed by atoms with Crippen molar-refractivity contribution in [3.05, 3.63) is 82.4 Å². The van der Waals surface area contributed by atoms with Gasteiger partial charge in [0.1, 0.15) is 12.2 Å². The van der Waals surface area contributed by atoms with Crippen LogP contribution in [0.25, 0.3) is 0 Å². The topological polar surface area (TPSA) is 113 Å². The predicted molar refractivity (Wildman–Crippen MR) is 150 cm³/mol. The molecule has 1 unspecified atom stereocenters. The summed E-state index contributed by atoms with van der Waals surface area (Å²) in [4.78, 5) is 57.0. The fraction of sp³-hybridized carbons (Fsp3) is 0.419. The first-order valence-electron chi connectivity index (χ1n) is 14.3. The Kier molecular flexibility index (Phi) is 6.45. The number of carbonyl (C=O) groups excluding carboxylic acids is 4. The Morgan fingerprint density at radius 2 is 1.51 bits per heavy atom. The van der Waals surface area contributed by atoms with Gasteiger partial charge in [-0.05, 0) is 85.5 Å². The van der Waals surface area contributed by atoms with Crippen molar-refractivity contribution in [2.75, 3.05) is 6.54 Å². The van der Waals surface area contributed by atoms with Crippen molar-refractivity contribution in [2.24, 2.45) is 17.8 Å². The van der Waals surface area contributed by atoms with Crippen LogP contribution in [-0.4, -0.2) is 55.1 Å². The molecule has 2 heterocycles. The van der Waals surface area contributed by atoms with Gasteiger partial charge >= 0.3 is 0 Å². The maximum absolute atomic E-state index is 14.3. The molecule has 2 aromatic carbocycles. The molecule has 4 bridgehead atoms. The molecular formula is C31H31N5O4S. The van der Waals surface area contributed by atoms with Crippen LogP contribution in [0.2, 0.25) is 0 Å². The number of fused-ring (bicyclic) bond motifs is 1. The minimum Gasteiger partial charge on any atom is -0.348 e. The van der Waals surface area contributed by atoms with Crippen molar-refractivity contribution < 1.29 is 19.2 Å². The van der Waals surface area contributed by atoms with E-state index >= 15 is 0 Å². The first kappa shape index (κ1) is 26.0. The van der Waals surface area contributed by atoms with Crippen molar-refractivity contribution in [2.45, 2.75) is 56.7 Å². The molecule has 4 aliphatic carbocycles. The van der Waals surface area contributed by atoms with Crippen LogP contribution in [0.15, 0.2) is 60.0 Å². The normalized spacial score (nSPS) is 26.6. The van der Waals surface area contributed by atoms with E-state index in [9.17, 15) is 19.2 Å². The van der Waals surface area contributed by atoms with Crippen LogP contribution in [0.4, 0.5) is 0 Å². The van der Waals surface area contributed by atoms with Gasteiger partial charge in [0.2, 0.25) is 11.8 Å². The number of imide groups is 1. The maximum Gasteiger partial charge on any atom is 0.262 e. The number of carbonyl (C=O) groups is 4. The molecule has 0 saturated heterocycles. The SMILES string of the molecule is O=C(NC12CC3CC(CC(C3)C1)C2)C(c1csnn1)N(Cc1ccccc1)C(=O)CN1C(=O)c2ccccc2C1=O. The Morgan fingerprint density at radius 3 is 2.07 bits per heavy atom. The van der Waals surface area contributed by atoms with Crippen molar-refractivity contribution in [1.82, 2.24) is 24.7 Å². The molecular weight excluding hydrogens is 538 g/mol. The van der Waals surface area contributed by atoms with Crippen molar-refractivity contribution in [3.63, 3.8) is 0 Å². The van der Waals surface area contributed by atoms with Crippen molar-refractivity contribution in [1.29, 1.82) is 0 Å². The molecule has 1 N–H and O–H groups in total. The van der Waals surface area contributed by atoms with Crippen LogP contribution in [0, 0.1) is 17.8 Å². The van der Waals surface area contributed by atoms with Gasteiger partial charge in [-0.1, -0.05) is 47.0 Å². The zero-order chi connectivity index (χ0) is 28.1. The van der Waals surface area contributed by atoms with Gasteiger partial charge in [-0.15, -0.1) is 5.10 Å². The van der Waals surface area contributed by atoms with Gasteiger partial charge in [0.15, 0.2) is 6.04 Å².